The summed E-state index contributed by atoms with van der Waals surface area (Å²) in [4.78, 5) is 2.53. The average Bonchev–Trinajstić information content (AvgIpc) is 2.54. The molecule has 1 aliphatic carbocycles. The molecular formula is C17H22N2. The van der Waals surface area contributed by atoms with Gasteiger partial charge >= 0.3 is 0 Å². The third-order valence-corrected chi connectivity index (χ3v) is 4.19. The minimum Gasteiger partial charge on any atom is -0.402 e. The Labute approximate surface area is 115 Å². The Morgan fingerprint density at radius 2 is 1.84 bits per heavy atom. The van der Waals surface area contributed by atoms with Gasteiger partial charge in [-0.2, -0.15) is 0 Å². The predicted molar refractivity (Wildman–Crippen MR) is 81.9 cm³/mol. The summed E-state index contributed by atoms with van der Waals surface area (Å²) in [6, 6.07) is 8.69. The summed E-state index contributed by atoms with van der Waals surface area (Å²) >= 11 is 0. The fraction of sp³-hybridized carbons (Fsp3) is 0.412. The van der Waals surface area contributed by atoms with Crippen LogP contribution >= 0.6 is 0 Å². The Morgan fingerprint density at radius 1 is 1.16 bits per heavy atom. The summed E-state index contributed by atoms with van der Waals surface area (Å²) in [6.45, 7) is 9.12. The van der Waals surface area contributed by atoms with Crippen molar-refractivity contribution >= 4 is 11.3 Å². The van der Waals surface area contributed by atoms with Crippen LogP contribution in [0, 0.1) is 0 Å². The van der Waals surface area contributed by atoms with E-state index in [1.807, 2.05) is 0 Å². The molecule has 2 nitrogen and oxygen atoms in total. The van der Waals surface area contributed by atoms with E-state index in [1.165, 1.54) is 16.8 Å². The number of rotatable bonds is 0. The second-order valence-corrected chi connectivity index (χ2v) is 6.80. The minimum absolute atomic E-state index is 0.0270. The van der Waals surface area contributed by atoms with Gasteiger partial charge in [-0.3, -0.25) is 0 Å². The van der Waals surface area contributed by atoms with Gasteiger partial charge in [-0.15, -0.1) is 0 Å². The van der Waals surface area contributed by atoms with Crippen LogP contribution in [0.25, 0.3) is 5.57 Å². The van der Waals surface area contributed by atoms with Gasteiger partial charge in [0.05, 0.1) is 5.54 Å². The van der Waals surface area contributed by atoms with Gasteiger partial charge in [0, 0.05) is 28.9 Å². The molecule has 1 unspecified atom stereocenters. The first kappa shape index (κ1) is 12.3. The number of para-hydroxylation sites is 1. The largest absolute Gasteiger partial charge is 0.402 e. The number of hydrogen-bond donors (Lipinski definition) is 1. The van der Waals surface area contributed by atoms with E-state index in [4.69, 9.17) is 5.73 Å². The van der Waals surface area contributed by atoms with E-state index in [0.29, 0.717) is 0 Å². The first-order chi connectivity index (χ1) is 8.84. The van der Waals surface area contributed by atoms with Gasteiger partial charge in [0.1, 0.15) is 0 Å². The molecule has 0 aromatic heterocycles. The Hall–Kier alpha value is -1.70. The van der Waals surface area contributed by atoms with Crippen molar-refractivity contribution in [3.8, 4) is 0 Å². The molecule has 0 bridgehead atoms. The number of hydrogen-bond acceptors (Lipinski definition) is 2. The van der Waals surface area contributed by atoms with Gasteiger partial charge in [0.2, 0.25) is 0 Å². The highest BCUT2D eigenvalue weighted by atomic mass is 15.3. The van der Waals surface area contributed by atoms with Gasteiger partial charge < -0.3 is 10.6 Å². The lowest BCUT2D eigenvalue weighted by atomic mass is 9.81. The highest BCUT2D eigenvalue weighted by Crippen LogP contribution is 2.53. The third kappa shape index (κ3) is 1.62. The van der Waals surface area contributed by atoms with Crippen LogP contribution in [0.3, 0.4) is 0 Å². The minimum atomic E-state index is -0.0270. The highest BCUT2D eigenvalue weighted by molar-refractivity contribution is 5.93. The van der Waals surface area contributed by atoms with Crippen molar-refractivity contribution in [3.05, 3.63) is 47.7 Å². The predicted octanol–water partition coefficient (Wildman–Crippen LogP) is 3.69. The average molecular weight is 254 g/mol. The van der Waals surface area contributed by atoms with Gasteiger partial charge in [-0.25, -0.2) is 0 Å². The standard InChI is InChI=1S/C17H22N2/c1-16(2,3)19-15-8-6-5-7-13(15)14-10-9-12(18)11-17(14,19)4/h5-10H,11,18H2,1-4H3. The first-order valence-electron chi connectivity index (χ1n) is 6.90. The molecule has 0 saturated carbocycles. The Balaban J connectivity index is 2.27. The Kier molecular flexibility index (Phi) is 2.38. The van der Waals surface area contributed by atoms with Crippen molar-refractivity contribution < 1.29 is 0 Å². The summed E-state index contributed by atoms with van der Waals surface area (Å²) < 4.78 is 0. The third-order valence-electron chi connectivity index (χ3n) is 4.19. The summed E-state index contributed by atoms with van der Waals surface area (Å²) in [7, 11) is 0. The number of allylic oxidation sites excluding steroid dienone is 2. The van der Waals surface area contributed by atoms with Crippen molar-refractivity contribution in [3.63, 3.8) is 0 Å². The zero-order valence-corrected chi connectivity index (χ0v) is 12.2. The Bertz CT molecular complexity index is 590. The SMILES string of the molecule is CC(C)(C)N1c2ccccc2C2=CC=C(N)CC21C. The van der Waals surface area contributed by atoms with Crippen molar-refractivity contribution in [1.82, 2.24) is 0 Å². The van der Waals surface area contributed by atoms with Gasteiger partial charge in [-0.1, -0.05) is 24.3 Å². The van der Waals surface area contributed by atoms with Crippen LogP contribution in [0.15, 0.2) is 42.1 Å². The molecule has 1 atom stereocenters. The fourth-order valence-electron chi connectivity index (χ4n) is 3.76. The molecule has 3 rings (SSSR count). The van der Waals surface area contributed by atoms with Crippen molar-refractivity contribution in [2.45, 2.75) is 45.2 Å². The summed E-state index contributed by atoms with van der Waals surface area (Å²) in [5.74, 6) is 0. The second-order valence-electron chi connectivity index (χ2n) is 6.80. The molecule has 1 aliphatic heterocycles. The van der Waals surface area contributed by atoms with Crippen LogP contribution in [0.1, 0.15) is 39.7 Å². The zero-order valence-electron chi connectivity index (χ0n) is 12.2. The summed E-state index contributed by atoms with van der Waals surface area (Å²) in [6.07, 6.45) is 5.15. The maximum atomic E-state index is 6.11. The normalized spacial score (nSPS) is 25.6. The molecule has 2 aliphatic rings. The van der Waals surface area contributed by atoms with Gasteiger partial charge in [0.15, 0.2) is 0 Å². The molecule has 0 amide bonds. The molecule has 2 heteroatoms. The maximum absolute atomic E-state index is 6.11. The van der Waals surface area contributed by atoms with Crippen LogP contribution in [-0.2, 0) is 0 Å². The molecule has 100 valence electrons. The van der Waals surface area contributed by atoms with E-state index in [9.17, 15) is 0 Å². The van der Waals surface area contributed by atoms with E-state index in [0.717, 1.165) is 12.1 Å². The smallest absolute Gasteiger partial charge is 0.0692 e. The number of fused-ring (bicyclic) bond motifs is 3. The molecule has 0 saturated heterocycles. The molecular weight excluding hydrogens is 232 g/mol. The molecule has 1 aromatic carbocycles. The van der Waals surface area contributed by atoms with Gasteiger partial charge in [-0.05, 0) is 45.4 Å². The van der Waals surface area contributed by atoms with Crippen LogP contribution in [-0.4, -0.2) is 11.1 Å². The van der Waals surface area contributed by atoms with E-state index >= 15 is 0 Å². The lowest BCUT2D eigenvalue weighted by Crippen LogP contribution is -2.54. The first-order valence-corrected chi connectivity index (χ1v) is 6.90. The lowest BCUT2D eigenvalue weighted by Gasteiger charge is -2.47. The molecule has 0 spiro atoms. The van der Waals surface area contributed by atoms with Crippen LogP contribution in [0.2, 0.25) is 0 Å². The van der Waals surface area contributed by atoms with Crippen LogP contribution in [0.4, 0.5) is 5.69 Å². The number of anilines is 1. The quantitative estimate of drug-likeness (QED) is 0.765. The van der Waals surface area contributed by atoms with Crippen LogP contribution < -0.4 is 10.6 Å². The van der Waals surface area contributed by atoms with Crippen molar-refractivity contribution in [2.75, 3.05) is 4.90 Å². The highest BCUT2D eigenvalue weighted by Gasteiger charge is 2.48. The molecule has 0 radical (unpaired) electrons. The fourth-order valence-corrected chi connectivity index (χ4v) is 3.76. The topological polar surface area (TPSA) is 29.3 Å². The zero-order chi connectivity index (χ0) is 13.8. The molecule has 1 aromatic rings. The van der Waals surface area contributed by atoms with E-state index in [1.54, 1.807) is 0 Å². The summed E-state index contributed by atoms with van der Waals surface area (Å²) in [5, 5.41) is 0. The monoisotopic (exact) mass is 254 g/mol. The van der Waals surface area contributed by atoms with Crippen molar-refractivity contribution in [2.24, 2.45) is 5.73 Å². The Morgan fingerprint density at radius 3 is 2.53 bits per heavy atom. The molecule has 1 heterocycles. The summed E-state index contributed by atoms with van der Waals surface area (Å²) in [5.41, 5.74) is 11.2. The maximum Gasteiger partial charge on any atom is 0.0692 e. The number of benzene rings is 1. The number of nitrogens with zero attached hydrogens (tertiary/aromatic N) is 1. The van der Waals surface area contributed by atoms with Crippen LogP contribution in [0.5, 0.6) is 0 Å². The van der Waals surface area contributed by atoms with E-state index in [2.05, 4.69) is 69.0 Å². The molecule has 19 heavy (non-hydrogen) atoms. The van der Waals surface area contributed by atoms with Gasteiger partial charge in [0.25, 0.3) is 0 Å². The molecule has 2 N–H and O–H groups in total. The van der Waals surface area contributed by atoms with E-state index < -0.39 is 0 Å². The lowest BCUT2D eigenvalue weighted by molar-refractivity contribution is 0.403. The molecule has 0 fully saturated rings. The number of nitrogens with two attached hydrogens (primary N) is 1. The van der Waals surface area contributed by atoms with E-state index in [-0.39, 0.29) is 11.1 Å². The van der Waals surface area contributed by atoms with Crippen molar-refractivity contribution in [1.29, 1.82) is 0 Å². The second kappa shape index (κ2) is 3.66.